The number of thioether (sulfide) groups is 1. The second kappa shape index (κ2) is 6.06. The van der Waals surface area contributed by atoms with Gasteiger partial charge in [0, 0.05) is 25.7 Å². The van der Waals surface area contributed by atoms with Gasteiger partial charge >= 0.3 is 0 Å². The number of rotatable bonds is 4. The number of aryl methyl sites for hydroxylation is 1. The van der Waals surface area contributed by atoms with Crippen LogP contribution in [0.3, 0.4) is 0 Å². The molecule has 3 N–H and O–H groups in total. The molecule has 2 fully saturated rings. The molecule has 1 amide bonds. The Hall–Kier alpha value is -1.19. The van der Waals surface area contributed by atoms with E-state index >= 15 is 0 Å². The number of hydrogen-bond donors (Lipinski definition) is 3. The zero-order valence-electron chi connectivity index (χ0n) is 11.4. The summed E-state index contributed by atoms with van der Waals surface area (Å²) >= 11 is 1.36. The molecule has 3 rings (SSSR count). The highest BCUT2D eigenvalue weighted by atomic mass is 32.2. The van der Waals surface area contributed by atoms with Crippen LogP contribution in [0.1, 0.15) is 19.3 Å². The first-order valence-electron chi connectivity index (χ1n) is 6.85. The summed E-state index contributed by atoms with van der Waals surface area (Å²) in [5, 5.41) is 14.9. The molecule has 3 atom stereocenters. The smallest absolute Gasteiger partial charge is 0.230 e. The monoisotopic (exact) mass is 297 g/mol. The van der Waals surface area contributed by atoms with Gasteiger partial charge in [-0.15, -0.1) is 5.10 Å². The minimum Gasteiger partial charge on any atom is -0.353 e. The molecule has 1 aromatic rings. The normalized spacial score (nSPS) is 29.1. The number of aromatic nitrogens is 4. The minimum absolute atomic E-state index is 0.0485. The second-order valence-electron chi connectivity index (χ2n) is 5.34. The summed E-state index contributed by atoms with van der Waals surface area (Å²) in [5.41, 5.74) is 6.48. The average Bonchev–Trinajstić information content (AvgIpc) is 3.04. The van der Waals surface area contributed by atoms with E-state index in [1.165, 1.54) is 11.8 Å². The van der Waals surface area contributed by atoms with Gasteiger partial charge < -0.3 is 5.32 Å². The molecule has 9 heteroatoms. The van der Waals surface area contributed by atoms with Crippen molar-refractivity contribution >= 4 is 17.7 Å². The lowest BCUT2D eigenvalue weighted by Crippen LogP contribution is -2.45. The molecule has 1 aliphatic carbocycles. The fourth-order valence-corrected chi connectivity index (χ4v) is 3.51. The maximum absolute atomic E-state index is 12.0. The molecule has 2 heterocycles. The van der Waals surface area contributed by atoms with Gasteiger partial charge in [-0.05, 0) is 35.6 Å². The van der Waals surface area contributed by atoms with E-state index in [4.69, 9.17) is 0 Å². The maximum atomic E-state index is 12.0. The lowest BCUT2D eigenvalue weighted by Gasteiger charge is -2.31. The average molecular weight is 297 g/mol. The lowest BCUT2D eigenvalue weighted by atomic mass is 9.83. The first-order valence-corrected chi connectivity index (χ1v) is 7.84. The second-order valence-corrected chi connectivity index (χ2v) is 6.29. The number of carbonyl (C=O) groups is 1. The Morgan fingerprint density at radius 2 is 2.45 bits per heavy atom. The largest absolute Gasteiger partial charge is 0.353 e. The van der Waals surface area contributed by atoms with E-state index in [0.29, 0.717) is 22.9 Å². The van der Waals surface area contributed by atoms with Crippen molar-refractivity contribution in [2.24, 2.45) is 13.0 Å². The molecular formula is C11H19N7OS. The Morgan fingerprint density at radius 1 is 1.55 bits per heavy atom. The van der Waals surface area contributed by atoms with E-state index < -0.39 is 0 Å². The standard InChI is InChI=1S/C11H19N7OS/c1-18-11(15-16-17-18)20-6-10(19)13-8-3-2-7-5-12-14-9(7)4-8/h7-9,12,14H,2-6H2,1H3,(H,13,19). The Kier molecular flexibility index (Phi) is 4.18. The Morgan fingerprint density at radius 3 is 3.25 bits per heavy atom. The molecule has 2 aliphatic rings. The molecule has 0 bridgehead atoms. The van der Waals surface area contributed by atoms with Crippen molar-refractivity contribution in [2.45, 2.75) is 36.5 Å². The van der Waals surface area contributed by atoms with Crippen LogP contribution in [0, 0.1) is 5.92 Å². The molecule has 0 spiro atoms. The number of amides is 1. The van der Waals surface area contributed by atoms with E-state index in [1.807, 2.05) is 0 Å². The number of hydrogen-bond acceptors (Lipinski definition) is 7. The number of fused-ring (bicyclic) bond motifs is 1. The molecule has 20 heavy (non-hydrogen) atoms. The predicted octanol–water partition coefficient (Wildman–Crippen LogP) is -0.936. The third-order valence-electron chi connectivity index (χ3n) is 3.92. The van der Waals surface area contributed by atoms with Crippen LogP contribution in [0.25, 0.3) is 0 Å². The summed E-state index contributed by atoms with van der Waals surface area (Å²) in [7, 11) is 1.76. The van der Waals surface area contributed by atoms with Gasteiger partial charge in [0.1, 0.15) is 0 Å². The van der Waals surface area contributed by atoms with Crippen LogP contribution in [0.2, 0.25) is 0 Å². The van der Waals surface area contributed by atoms with Crippen molar-refractivity contribution in [1.29, 1.82) is 0 Å². The number of carbonyl (C=O) groups excluding carboxylic acids is 1. The number of nitrogens with zero attached hydrogens (tertiary/aromatic N) is 4. The topological polar surface area (TPSA) is 96.8 Å². The molecule has 1 aromatic heterocycles. The van der Waals surface area contributed by atoms with Gasteiger partial charge in [-0.3, -0.25) is 15.6 Å². The van der Waals surface area contributed by atoms with Crippen LogP contribution in [0.4, 0.5) is 0 Å². The number of hydrazine groups is 1. The van der Waals surface area contributed by atoms with Gasteiger partial charge in [0.25, 0.3) is 0 Å². The highest BCUT2D eigenvalue weighted by Crippen LogP contribution is 2.26. The van der Waals surface area contributed by atoms with Gasteiger partial charge in [-0.25, -0.2) is 4.68 Å². The van der Waals surface area contributed by atoms with Gasteiger partial charge in [0.05, 0.1) is 5.75 Å². The predicted molar refractivity (Wildman–Crippen MR) is 73.7 cm³/mol. The highest BCUT2D eigenvalue weighted by Gasteiger charge is 2.34. The Balaban J connectivity index is 1.43. The van der Waals surface area contributed by atoms with Gasteiger partial charge in [0.2, 0.25) is 11.1 Å². The fraction of sp³-hybridized carbons (Fsp3) is 0.818. The van der Waals surface area contributed by atoms with Crippen LogP contribution >= 0.6 is 11.8 Å². The Bertz CT molecular complexity index is 479. The first-order chi connectivity index (χ1) is 9.72. The van der Waals surface area contributed by atoms with E-state index in [-0.39, 0.29) is 11.9 Å². The van der Waals surface area contributed by atoms with Crippen LogP contribution in [0.5, 0.6) is 0 Å². The van der Waals surface area contributed by atoms with Gasteiger partial charge in [0.15, 0.2) is 0 Å². The van der Waals surface area contributed by atoms with E-state index in [2.05, 4.69) is 31.7 Å². The molecule has 0 radical (unpaired) electrons. The van der Waals surface area contributed by atoms with Crippen molar-refractivity contribution in [3.63, 3.8) is 0 Å². The zero-order chi connectivity index (χ0) is 13.9. The highest BCUT2D eigenvalue weighted by molar-refractivity contribution is 7.99. The molecular weight excluding hydrogens is 278 g/mol. The van der Waals surface area contributed by atoms with Crippen molar-refractivity contribution in [3.05, 3.63) is 0 Å². The number of nitrogens with one attached hydrogen (secondary N) is 3. The van der Waals surface area contributed by atoms with Gasteiger partial charge in [-0.2, -0.15) is 0 Å². The van der Waals surface area contributed by atoms with Crippen molar-refractivity contribution in [3.8, 4) is 0 Å². The van der Waals surface area contributed by atoms with E-state index in [9.17, 15) is 4.79 Å². The minimum atomic E-state index is 0.0485. The lowest BCUT2D eigenvalue weighted by molar-refractivity contribution is -0.119. The molecule has 1 aliphatic heterocycles. The van der Waals surface area contributed by atoms with Crippen molar-refractivity contribution < 1.29 is 4.79 Å². The van der Waals surface area contributed by atoms with Crippen LogP contribution < -0.4 is 16.2 Å². The third kappa shape index (κ3) is 3.10. The molecule has 3 unspecified atom stereocenters. The zero-order valence-corrected chi connectivity index (χ0v) is 12.2. The summed E-state index contributed by atoms with van der Waals surface area (Å²) in [6, 6.07) is 0.763. The molecule has 1 saturated carbocycles. The van der Waals surface area contributed by atoms with Crippen LogP contribution in [0.15, 0.2) is 5.16 Å². The molecule has 1 saturated heterocycles. The molecule has 0 aromatic carbocycles. The first kappa shape index (κ1) is 13.8. The quantitative estimate of drug-likeness (QED) is 0.617. The molecule has 8 nitrogen and oxygen atoms in total. The van der Waals surface area contributed by atoms with Crippen LogP contribution in [-0.4, -0.2) is 50.5 Å². The summed E-state index contributed by atoms with van der Waals surface area (Å²) in [5.74, 6) is 1.11. The summed E-state index contributed by atoms with van der Waals surface area (Å²) in [6.45, 7) is 1.04. The van der Waals surface area contributed by atoms with E-state index in [1.54, 1.807) is 11.7 Å². The van der Waals surface area contributed by atoms with Crippen LogP contribution in [-0.2, 0) is 11.8 Å². The Labute approximate surface area is 121 Å². The molecule has 110 valence electrons. The van der Waals surface area contributed by atoms with E-state index in [0.717, 1.165) is 25.8 Å². The van der Waals surface area contributed by atoms with Crippen molar-refractivity contribution in [2.75, 3.05) is 12.3 Å². The summed E-state index contributed by atoms with van der Waals surface area (Å²) in [6.07, 6.45) is 3.22. The SMILES string of the molecule is Cn1nnnc1SCC(=O)NC1CCC2CNNC2C1. The number of tetrazole rings is 1. The summed E-state index contributed by atoms with van der Waals surface area (Å²) in [4.78, 5) is 12.0. The fourth-order valence-electron chi connectivity index (χ4n) is 2.85. The van der Waals surface area contributed by atoms with Gasteiger partial charge in [-0.1, -0.05) is 11.8 Å². The van der Waals surface area contributed by atoms with Crippen molar-refractivity contribution in [1.82, 2.24) is 36.4 Å². The third-order valence-corrected chi connectivity index (χ3v) is 4.93. The maximum Gasteiger partial charge on any atom is 0.230 e. The summed E-state index contributed by atoms with van der Waals surface area (Å²) < 4.78 is 1.57.